The fourth-order valence-corrected chi connectivity index (χ4v) is 6.99. The van der Waals surface area contributed by atoms with Crippen molar-refractivity contribution < 1.29 is 9.18 Å². The van der Waals surface area contributed by atoms with Crippen LogP contribution in [0.15, 0.2) is 18.2 Å². The Morgan fingerprint density at radius 3 is 2.61 bits per heavy atom. The van der Waals surface area contributed by atoms with Crippen LogP contribution in [0.1, 0.15) is 65.7 Å². The summed E-state index contributed by atoms with van der Waals surface area (Å²) in [4.78, 5) is 20.2. The van der Waals surface area contributed by atoms with Gasteiger partial charge < -0.3 is 10.2 Å². The molecular formula is C25H34FN3OS. The van der Waals surface area contributed by atoms with Gasteiger partial charge in [-0.1, -0.05) is 38.5 Å². The van der Waals surface area contributed by atoms with Gasteiger partial charge in [0, 0.05) is 24.4 Å². The predicted molar refractivity (Wildman–Crippen MR) is 125 cm³/mol. The van der Waals surface area contributed by atoms with Crippen molar-refractivity contribution in [1.29, 1.82) is 0 Å². The number of benzene rings is 1. The van der Waals surface area contributed by atoms with Gasteiger partial charge in [0.15, 0.2) is 5.13 Å². The number of carbonyl (C=O) groups is 1. The van der Waals surface area contributed by atoms with Crippen LogP contribution in [0, 0.1) is 28.5 Å². The Labute approximate surface area is 188 Å². The number of anilines is 1. The van der Waals surface area contributed by atoms with Crippen LogP contribution in [0.25, 0.3) is 10.2 Å². The smallest absolute Gasteiger partial charge is 0.225 e. The van der Waals surface area contributed by atoms with Gasteiger partial charge in [0.25, 0.3) is 0 Å². The van der Waals surface area contributed by atoms with E-state index in [1.807, 2.05) is 0 Å². The number of carbonyl (C=O) groups excluding carboxylic acids is 1. The van der Waals surface area contributed by atoms with E-state index in [4.69, 9.17) is 0 Å². The molecule has 1 unspecified atom stereocenters. The Morgan fingerprint density at radius 2 is 1.97 bits per heavy atom. The number of hydrogen-bond donors (Lipinski definition) is 1. The van der Waals surface area contributed by atoms with Crippen LogP contribution in [0.4, 0.5) is 9.52 Å². The van der Waals surface area contributed by atoms with E-state index in [0.29, 0.717) is 11.3 Å². The zero-order chi connectivity index (χ0) is 21.8. The van der Waals surface area contributed by atoms with Crippen LogP contribution in [0.2, 0.25) is 0 Å². The minimum atomic E-state index is -0.225. The molecule has 168 valence electrons. The maximum atomic E-state index is 13.6. The van der Waals surface area contributed by atoms with Crippen molar-refractivity contribution in [3.63, 3.8) is 0 Å². The average Bonchev–Trinajstić information content (AvgIpc) is 3.27. The topological polar surface area (TPSA) is 45.2 Å². The number of rotatable bonds is 3. The summed E-state index contributed by atoms with van der Waals surface area (Å²) < 4.78 is 14.4. The van der Waals surface area contributed by atoms with Crippen LogP contribution >= 0.6 is 11.3 Å². The Bertz CT molecular complexity index is 969. The number of hydrogen-bond acceptors (Lipinski definition) is 4. The van der Waals surface area contributed by atoms with Gasteiger partial charge in [-0.15, -0.1) is 0 Å². The SMILES string of the molecule is CC(C)(C)C1CCC(C(=O)N2CC(Nc3nc4ccc(F)cc4s3)C3(CCC3)C2)CC1. The molecule has 0 bridgehead atoms. The largest absolute Gasteiger partial charge is 0.356 e. The standard InChI is InChI=1S/C25H34FN3OS/c1-24(2,3)17-7-5-16(6-8-17)22(30)29-14-21(25(15-29)11-4-12-25)28-23-27-19-10-9-18(26)13-20(19)31-23/h9-10,13,16-17,21H,4-8,11-12,14-15H2,1-3H3,(H,27,28). The second-order valence-electron chi connectivity index (χ2n) is 11.2. The molecule has 1 spiro atoms. The molecule has 31 heavy (non-hydrogen) atoms. The predicted octanol–water partition coefficient (Wildman–Crippen LogP) is 6.08. The van der Waals surface area contributed by atoms with Gasteiger partial charge in [-0.05, 0) is 68.1 Å². The maximum Gasteiger partial charge on any atom is 0.225 e. The number of halogens is 1. The molecule has 1 atom stereocenters. The molecule has 1 saturated heterocycles. The number of fused-ring (bicyclic) bond motifs is 1. The lowest BCUT2D eigenvalue weighted by Gasteiger charge is -2.42. The van der Waals surface area contributed by atoms with Crippen molar-refractivity contribution in [3.05, 3.63) is 24.0 Å². The fraction of sp³-hybridized carbons (Fsp3) is 0.680. The van der Waals surface area contributed by atoms with Crippen molar-refractivity contribution in [2.75, 3.05) is 18.4 Å². The highest BCUT2D eigenvalue weighted by Gasteiger charge is 2.52. The molecule has 1 aromatic heterocycles. The summed E-state index contributed by atoms with van der Waals surface area (Å²) in [7, 11) is 0. The molecule has 1 aromatic carbocycles. The zero-order valence-corrected chi connectivity index (χ0v) is 19.7. The maximum absolute atomic E-state index is 13.6. The summed E-state index contributed by atoms with van der Waals surface area (Å²) in [5.74, 6) is 1.07. The Kier molecular flexibility index (Phi) is 5.27. The third-order valence-electron chi connectivity index (χ3n) is 8.26. The van der Waals surface area contributed by atoms with Crippen LogP contribution in [-0.4, -0.2) is 34.9 Å². The van der Waals surface area contributed by atoms with Gasteiger partial charge in [0.1, 0.15) is 5.82 Å². The number of aromatic nitrogens is 1. The van der Waals surface area contributed by atoms with Crippen LogP contribution in [0.5, 0.6) is 0 Å². The first kappa shape index (κ1) is 21.2. The quantitative estimate of drug-likeness (QED) is 0.625. The number of thiazole rings is 1. The van der Waals surface area contributed by atoms with E-state index in [2.05, 4.69) is 36.0 Å². The lowest BCUT2D eigenvalue weighted by atomic mass is 9.65. The molecule has 2 saturated carbocycles. The number of likely N-dealkylation sites (tertiary alicyclic amines) is 1. The van der Waals surface area contributed by atoms with Crippen LogP contribution in [0.3, 0.4) is 0 Å². The summed E-state index contributed by atoms with van der Waals surface area (Å²) >= 11 is 1.51. The van der Waals surface area contributed by atoms with Crippen LogP contribution in [-0.2, 0) is 4.79 Å². The zero-order valence-electron chi connectivity index (χ0n) is 18.9. The van der Waals surface area contributed by atoms with Crippen molar-refractivity contribution in [2.24, 2.45) is 22.7 Å². The number of nitrogens with zero attached hydrogens (tertiary/aromatic N) is 2. The Hall–Kier alpha value is -1.69. The van der Waals surface area contributed by atoms with E-state index in [9.17, 15) is 9.18 Å². The number of nitrogens with one attached hydrogen (secondary N) is 1. The molecule has 2 heterocycles. The molecule has 1 aliphatic heterocycles. The molecule has 1 N–H and O–H groups in total. The molecule has 2 aromatic rings. The average molecular weight is 444 g/mol. The minimum Gasteiger partial charge on any atom is -0.356 e. The lowest BCUT2D eigenvalue weighted by molar-refractivity contribution is -0.136. The highest BCUT2D eigenvalue weighted by molar-refractivity contribution is 7.22. The van der Waals surface area contributed by atoms with Crippen molar-refractivity contribution in [3.8, 4) is 0 Å². The van der Waals surface area contributed by atoms with Crippen LogP contribution < -0.4 is 5.32 Å². The Morgan fingerprint density at radius 1 is 1.23 bits per heavy atom. The second-order valence-corrected chi connectivity index (χ2v) is 12.2. The molecule has 3 aliphatic rings. The normalized spacial score (nSPS) is 28.1. The molecule has 3 fully saturated rings. The van der Waals surface area contributed by atoms with Gasteiger partial charge in [0.05, 0.1) is 16.3 Å². The third kappa shape index (κ3) is 3.96. The van der Waals surface area contributed by atoms with Gasteiger partial charge >= 0.3 is 0 Å². The molecule has 6 heteroatoms. The first-order chi connectivity index (χ1) is 14.7. The van der Waals surface area contributed by atoms with Crippen molar-refractivity contribution in [1.82, 2.24) is 9.88 Å². The highest BCUT2D eigenvalue weighted by atomic mass is 32.1. The Balaban J connectivity index is 1.27. The fourth-order valence-electron chi connectivity index (χ4n) is 6.05. The van der Waals surface area contributed by atoms with E-state index in [-0.39, 0.29) is 23.2 Å². The summed E-state index contributed by atoms with van der Waals surface area (Å²) in [6.45, 7) is 8.62. The molecule has 2 aliphatic carbocycles. The van der Waals surface area contributed by atoms with Crippen molar-refractivity contribution in [2.45, 2.75) is 71.8 Å². The van der Waals surface area contributed by atoms with Crippen molar-refractivity contribution >= 4 is 32.6 Å². The van der Waals surface area contributed by atoms with E-state index < -0.39 is 0 Å². The summed E-state index contributed by atoms with van der Waals surface area (Å²) in [6, 6.07) is 4.99. The minimum absolute atomic E-state index is 0.182. The summed E-state index contributed by atoms with van der Waals surface area (Å²) in [6.07, 6.45) is 7.99. The van der Waals surface area contributed by atoms with Gasteiger partial charge in [-0.2, -0.15) is 0 Å². The summed E-state index contributed by atoms with van der Waals surface area (Å²) in [5.41, 5.74) is 1.35. The molecular weight excluding hydrogens is 409 g/mol. The third-order valence-corrected chi connectivity index (χ3v) is 9.21. The first-order valence-electron chi connectivity index (χ1n) is 11.8. The first-order valence-corrected chi connectivity index (χ1v) is 12.7. The number of amides is 1. The van der Waals surface area contributed by atoms with Gasteiger partial charge in [0.2, 0.25) is 5.91 Å². The molecule has 5 rings (SSSR count). The molecule has 1 amide bonds. The van der Waals surface area contributed by atoms with E-state index in [1.54, 1.807) is 12.1 Å². The monoisotopic (exact) mass is 443 g/mol. The lowest BCUT2D eigenvalue weighted by Crippen LogP contribution is -2.44. The van der Waals surface area contributed by atoms with E-state index in [1.165, 1.54) is 49.5 Å². The second kappa shape index (κ2) is 7.72. The van der Waals surface area contributed by atoms with E-state index in [0.717, 1.165) is 47.2 Å². The molecule has 0 radical (unpaired) electrons. The molecule has 4 nitrogen and oxygen atoms in total. The highest BCUT2D eigenvalue weighted by Crippen LogP contribution is 2.50. The van der Waals surface area contributed by atoms with Gasteiger partial charge in [-0.3, -0.25) is 4.79 Å². The van der Waals surface area contributed by atoms with Gasteiger partial charge in [-0.25, -0.2) is 9.37 Å². The van der Waals surface area contributed by atoms with E-state index >= 15 is 0 Å². The summed E-state index contributed by atoms with van der Waals surface area (Å²) in [5, 5.41) is 4.49.